The molecule has 0 aliphatic carbocycles. The number of amides is 1. The summed E-state index contributed by atoms with van der Waals surface area (Å²) < 4.78 is 9.26. The Bertz CT molecular complexity index is 400. The van der Waals surface area contributed by atoms with Gasteiger partial charge in [0.2, 0.25) is 0 Å². The van der Waals surface area contributed by atoms with Gasteiger partial charge in [-0.05, 0) is 24.1 Å². The Morgan fingerprint density at radius 1 is 1.17 bits per heavy atom. The smallest absolute Gasteiger partial charge is 0.332 e. The maximum Gasteiger partial charge on any atom is 0.332 e. The van der Waals surface area contributed by atoms with Gasteiger partial charge in [-0.15, -0.1) is 0 Å². The summed E-state index contributed by atoms with van der Waals surface area (Å²) in [4.78, 5) is 22.4. The molecule has 1 N–H and O–H groups in total. The van der Waals surface area contributed by atoms with Crippen LogP contribution in [0.5, 0.6) is 0 Å². The van der Waals surface area contributed by atoms with Gasteiger partial charge >= 0.3 is 5.97 Å². The molecule has 0 aliphatic rings. The second-order valence-corrected chi connectivity index (χ2v) is 3.69. The fourth-order valence-corrected chi connectivity index (χ4v) is 1.33. The van der Waals surface area contributed by atoms with Gasteiger partial charge < -0.3 is 14.8 Å². The summed E-state index contributed by atoms with van der Waals surface area (Å²) >= 11 is 0. The number of ether oxygens (including phenoxy) is 2. The fraction of sp³-hybridized carbons (Fsp3) is 0.385. The third-order valence-electron chi connectivity index (χ3n) is 2.27. The van der Waals surface area contributed by atoms with E-state index in [0.29, 0.717) is 5.69 Å². The number of methoxy groups -OCH3 is 1. The van der Waals surface area contributed by atoms with Crippen LogP contribution in [0.3, 0.4) is 0 Å². The molecule has 1 amide bonds. The Morgan fingerprint density at radius 3 is 2.39 bits per heavy atom. The minimum absolute atomic E-state index is 0.154. The lowest BCUT2D eigenvalue weighted by Gasteiger charge is -2.06. The van der Waals surface area contributed by atoms with Crippen molar-refractivity contribution in [3.63, 3.8) is 0 Å². The Hall–Kier alpha value is -1.88. The Kier molecular flexibility index (Phi) is 5.87. The topological polar surface area (TPSA) is 64.6 Å². The molecular weight excluding hydrogens is 234 g/mol. The predicted octanol–water partition coefficient (Wildman–Crippen LogP) is 1.38. The highest BCUT2D eigenvalue weighted by molar-refractivity contribution is 5.92. The number of carbonyl (C=O) groups excluding carboxylic acids is 2. The number of benzene rings is 1. The first kappa shape index (κ1) is 14.2. The number of hydrogen-bond acceptors (Lipinski definition) is 4. The van der Waals surface area contributed by atoms with Crippen molar-refractivity contribution in [1.82, 2.24) is 0 Å². The molecule has 0 radical (unpaired) electrons. The highest BCUT2D eigenvalue weighted by atomic mass is 16.6. The van der Waals surface area contributed by atoms with Crippen molar-refractivity contribution in [2.45, 2.75) is 13.3 Å². The van der Waals surface area contributed by atoms with Crippen LogP contribution in [0.4, 0.5) is 5.69 Å². The van der Waals surface area contributed by atoms with Crippen LogP contribution in [0.1, 0.15) is 12.5 Å². The van der Waals surface area contributed by atoms with E-state index in [4.69, 9.17) is 0 Å². The summed E-state index contributed by atoms with van der Waals surface area (Å²) in [5.74, 6) is -0.933. The van der Waals surface area contributed by atoms with Crippen LogP contribution in [-0.2, 0) is 25.5 Å². The molecule has 5 nitrogen and oxygen atoms in total. The van der Waals surface area contributed by atoms with Gasteiger partial charge in [-0.3, -0.25) is 4.79 Å². The molecule has 0 spiro atoms. The Balaban J connectivity index is 2.37. The van der Waals surface area contributed by atoms with Crippen molar-refractivity contribution in [2.24, 2.45) is 0 Å². The third-order valence-corrected chi connectivity index (χ3v) is 2.27. The lowest BCUT2D eigenvalue weighted by molar-refractivity contribution is -0.150. The van der Waals surface area contributed by atoms with E-state index in [9.17, 15) is 9.59 Å². The van der Waals surface area contributed by atoms with E-state index in [0.717, 1.165) is 6.42 Å². The SMILES string of the molecule is CCc1ccc(NC(=O)COC(=O)COC)cc1. The molecule has 1 aromatic rings. The molecule has 1 rings (SSSR count). The molecular formula is C13H17NO4. The van der Waals surface area contributed by atoms with Crippen LogP contribution < -0.4 is 5.32 Å². The number of esters is 1. The van der Waals surface area contributed by atoms with E-state index < -0.39 is 5.97 Å². The highest BCUT2D eigenvalue weighted by Crippen LogP contribution is 2.09. The Morgan fingerprint density at radius 2 is 1.83 bits per heavy atom. The number of aryl methyl sites for hydroxylation is 1. The molecule has 0 atom stereocenters. The lowest BCUT2D eigenvalue weighted by atomic mass is 10.1. The van der Waals surface area contributed by atoms with E-state index >= 15 is 0 Å². The summed E-state index contributed by atoms with van der Waals surface area (Å²) in [6.45, 7) is 1.60. The van der Waals surface area contributed by atoms with Crippen molar-refractivity contribution in [3.05, 3.63) is 29.8 Å². The molecule has 0 aliphatic heterocycles. The molecule has 0 fully saturated rings. The maximum absolute atomic E-state index is 11.4. The lowest BCUT2D eigenvalue weighted by Crippen LogP contribution is -2.22. The van der Waals surface area contributed by atoms with Crippen LogP contribution in [0, 0.1) is 0 Å². The van der Waals surface area contributed by atoms with Gasteiger partial charge in [0.15, 0.2) is 6.61 Å². The van der Waals surface area contributed by atoms with Gasteiger partial charge in [-0.1, -0.05) is 19.1 Å². The second kappa shape index (κ2) is 7.45. The van der Waals surface area contributed by atoms with Crippen molar-refractivity contribution >= 4 is 17.6 Å². The molecule has 98 valence electrons. The number of nitrogens with one attached hydrogen (secondary N) is 1. The standard InChI is InChI=1S/C13H17NO4/c1-3-10-4-6-11(7-5-10)14-12(15)8-18-13(16)9-17-2/h4-7H,3,8-9H2,1-2H3,(H,14,15). The zero-order valence-corrected chi connectivity index (χ0v) is 10.6. The molecule has 0 unspecified atom stereocenters. The summed E-state index contributed by atoms with van der Waals surface area (Å²) in [7, 11) is 1.39. The first-order valence-corrected chi connectivity index (χ1v) is 5.69. The largest absolute Gasteiger partial charge is 0.454 e. The van der Waals surface area contributed by atoms with Crippen LogP contribution in [0.25, 0.3) is 0 Å². The predicted molar refractivity (Wildman–Crippen MR) is 67.3 cm³/mol. The van der Waals surface area contributed by atoms with Gasteiger partial charge in [-0.2, -0.15) is 0 Å². The summed E-state index contributed by atoms with van der Waals surface area (Å²) in [6.07, 6.45) is 0.947. The van der Waals surface area contributed by atoms with E-state index in [2.05, 4.69) is 21.7 Å². The summed E-state index contributed by atoms with van der Waals surface area (Å²) in [5.41, 5.74) is 1.87. The summed E-state index contributed by atoms with van der Waals surface area (Å²) in [5, 5.41) is 2.63. The van der Waals surface area contributed by atoms with E-state index in [1.54, 1.807) is 0 Å². The van der Waals surface area contributed by atoms with E-state index in [-0.39, 0.29) is 19.1 Å². The van der Waals surface area contributed by atoms with Crippen molar-refractivity contribution < 1.29 is 19.1 Å². The molecule has 0 aromatic heterocycles. The monoisotopic (exact) mass is 251 g/mol. The molecule has 5 heteroatoms. The average molecular weight is 251 g/mol. The van der Waals surface area contributed by atoms with Crippen molar-refractivity contribution in [3.8, 4) is 0 Å². The van der Waals surface area contributed by atoms with Crippen LogP contribution in [-0.4, -0.2) is 32.2 Å². The molecule has 1 aromatic carbocycles. The zero-order valence-electron chi connectivity index (χ0n) is 10.6. The summed E-state index contributed by atoms with van der Waals surface area (Å²) in [6, 6.07) is 7.50. The Labute approximate surface area is 106 Å². The highest BCUT2D eigenvalue weighted by Gasteiger charge is 2.07. The van der Waals surface area contributed by atoms with E-state index in [1.165, 1.54) is 12.7 Å². The normalized spacial score (nSPS) is 9.89. The zero-order chi connectivity index (χ0) is 13.4. The van der Waals surface area contributed by atoms with Crippen molar-refractivity contribution in [1.29, 1.82) is 0 Å². The number of anilines is 1. The number of rotatable bonds is 6. The second-order valence-electron chi connectivity index (χ2n) is 3.69. The van der Waals surface area contributed by atoms with Gasteiger partial charge in [0.1, 0.15) is 6.61 Å². The van der Waals surface area contributed by atoms with Crippen LogP contribution >= 0.6 is 0 Å². The van der Waals surface area contributed by atoms with Gasteiger partial charge in [-0.25, -0.2) is 4.79 Å². The molecule has 0 saturated heterocycles. The third kappa shape index (κ3) is 4.97. The minimum Gasteiger partial charge on any atom is -0.454 e. The van der Waals surface area contributed by atoms with Crippen molar-refractivity contribution in [2.75, 3.05) is 25.6 Å². The maximum atomic E-state index is 11.4. The minimum atomic E-state index is -0.561. The molecule has 0 saturated carbocycles. The quantitative estimate of drug-likeness (QED) is 0.776. The van der Waals surface area contributed by atoms with Crippen LogP contribution in [0.2, 0.25) is 0 Å². The number of carbonyl (C=O) groups is 2. The molecule has 0 heterocycles. The van der Waals surface area contributed by atoms with Crippen LogP contribution in [0.15, 0.2) is 24.3 Å². The van der Waals surface area contributed by atoms with Gasteiger partial charge in [0.05, 0.1) is 0 Å². The van der Waals surface area contributed by atoms with Gasteiger partial charge in [0, 0.05) is 12.8 Å². The average Bonchev–Trinajstić information content (AvgIpc) is 2.38. The molecule has 0 bridgehead atoms. The fourth-order valence-electron chi connectivity index (χ4n) is 1.33. The first-order chi connectivity index (χ1) is 8.65. The molecule has 18 heavy (non-hydrogen) atoms. The number of hydrogen-bond donors (Lipinski definition) is 1. The van der Waals surface area contributed by atoms with E-state index in [1.807, 2.05) is 24.3 Å². The first-order valence-electron chi connectivity index (χ1n) is 5.69. The van der Waals surface area contributed by atoms with Gasteiger partial charge in [0.25, 0.3) is 5.91 Å².